The van der Waals surface area contributed by atoms with Gasteiger partial charge in [-0.3, -0.25) is 4.90 Å². The maximum absolute atomic E-state index is 12.0. The summed E-state index contributed by atoms with van der Waals surface area (Å²) >= 11 is 0. The van der Waals surface area contributed by atoms with Crippen LogP contribution in [0.2, 0.25) is 0 Å². The molecular weight excluding hydrogens is 338 g/mol. The van der Waals surface area contributed by atoms with Crippen LogP contribution in [0, 0.1) is 13.8 Å². The van der Waals surface area contributed by atoms with Crippen LogP contribution in [0.3, 0.4) is 0 Å². The molecule has 2 aromatic carbocycles. The Morgan fingerprint density at radius 3 is 2.33 bits per heavy atom. The SMILES string of the molecule is CCc1ccc2c(CN(C)Cc3cc(C)c(OC)c(C)c3)cc(=O)oc2c1. The van der Waals surface area contributed by atoms with Crippen molar-refractivity contribution < 1.29 is 9.15 Å². The van der Waals surface area contributed by atoms with Crippen LogP contribution in [-0.4, -0.2) is 19.1 Å². The lowest BCUT2D eigenvalue weighted by Crippen LogP contribution is -2.18. The average molecular weight is 365 g/mol. The highest BCUT2D eigenvalue weighted by Crippen LogP contribution is 2.25. The van der Waals surface area contributed by atoms with Crippen molar-refractivity contribution in [3.63, 3.8) is 0 Å². The summed E-state index contributed by atoms with van der Waals surface area (Å²) in [6.07, 6.45) is 0.917. The van der Waals surface area contributed by atoms with Crippen molar-refractivity contribution in [2.24, 2.45) is 0 Å². The standard InChI is InChI=1S/C23H27NO3/c1-6-17-7-8-20-19(12-22(25)27-21(20)11-17)14-24(4)13-18-9-15(2)23(26-5)16(3)10-18/h7-12H,6,13-14H2,1-5H3. The minimum Gasteiger partial charge on any atom is -0.496 e. The van der Waals surface area contributed by atoms with E-state index in [2.05, 4.69) is 57.0 Å². The van der Waals surface area contributed by atoms with E-state index in [9.17, 15) is 4.79 Å². The van der Waals surface area contributed by atoms with Gasteiger partial charge >= 0.3 is 5.63 Å². The van der Waals surface area contributed by atoms with Crippen molar-refractivity contribution in [2.45, 2.75) is 40.3 Å². The van der Waals surface area contributed by atoms with Gasteiger partial charge in [0, 0.05) is 24.5 Å². The van der Waals surface area contributed by atoms with Crippen LogP contribution in [0.4, 0.5) is 0 Å². The first kappa shape index (κ1) is 19.2. The second-order valence-corrected chi connectivity index (χ2v) is 7.21. The molecule has 0 radical (unpaired) electrons. The largest absolute Gasteiger partial charge is 0.496 e. The van der Waals surface area contributed by atoms with Crippen LogP contribution in [0.25, 0.3) is 11.0 Å². The average Bonchev–Trinajstić information content (AvgIpc) is 2.60. The van der Waals surface area contributed by atoms with Gasteiger partial charge in [0.15, 0.2) is 0 Å². The van der Waals surface area contributed by atoms with E-state index in [4.69, 9.17) is 9.15 Å². The molecule has 0 saturated carbocycles. The molecule has 0 bridgehead atoms. The smallest absolute Gasteiger partial charge is 0.336 e. The third-order valence-electron chi connectivity index (χ3n) is 4.92. The summed E-state index contributed by atoms with van der Waals surface area (Å²) in [6.45, 7) is 7.70. The van der Waals surface area contributed by atoms with Gasteiger partial charge in [0.1, 0.15) is 11.3 Å². The molecule has 0 amide bonds. The molecule has 4 nitrogen and oxygen atoms in total. The molecule has 4 heteroatoms. The highest BCUT2D eigenvalue weighted by Gasteiger charge is 2.11. The Kier molecular flexibility index (Phi) is 5.66. The first-order valence-electron chi connectivity index (χ1n) is 9.29. The van der Waals surface area contributed by atoms with Gasteiger partial charge in [-0.25, -0.2) is 4.79 Å². The zero-order valence-electron chi connectivity index (χ0n) is 16.8. The molecule has 3 rings (SSSR count). The molecule has 0 saturated heterocycles. The van der Waals surface area contributed by atoms with E-state index in [1.54, 1.807) is 13.2 Å². The lowest BCUT2D eigenvalue weighted by Gasteiger charge is -2.19. The van der Waals surface area contributed by atoms with Crippen molar-refractivity contribution in [3.05, 3.63) is 74.6 Å². The third kappa shape index (κ3) is 4.22. The second kappa shape index (κ2) is 7.97. The lowest BCUT2D eigenvalue weighted by atomic mass is 10.0. The van der Waals surface area contributed by atoms with Gasteiger partial charge in [-0.05, 0) is 61.2 Å². The zero-order valence-corrected chi connectivity index (χ0v) is 16.8. The number of benzene rings is 2. The molecule has 3 aromatic rings. The van der Waals surface area contributed by atoms with Crippen LogP contribution in [-0.2, 0) is 19.5 Å². The van der Waals surface area contributed by atoms with Crippen molar-refractivity contribution >= 4 is 11.0 Å². The number of hydrogen-bond acceptors (Lipinski definition) is 4. The van der Waals surface area contributed by atoms with E-state index >= 15 is 0 Å². The Hall–Kier alpha value is -2.59. The number of nitrogens with zero attached hydrogens (tertiary/aromatic N) is 1. The summed E-state index contributed by atoms with van der Waals surface area (Å²) in [5.74, 6) is 0.944. The van der Waals surface area contributed by atoms with Gasteiger partial charge in [-0.1, -0.05) is 31.2 Å². The molecule has 0 aliphatic rings. The summed E-state index contributed by atoms with van der Waals surface area (Å²) in [7, 11) is 3.77. The van der Waals surface area contributed by atoms with E-state index in [-0.39, 0.29) is 5.63 Å². The maximum Gasteiger partial charge on any atom is 0.336 e. The number of hydrogen-bond donors (Lipinski definition) is 0. The van der Waals surface area contributed by atoms with Crippen LogP contribution < -0.4 is 10.4 Å². The maximum atomic E-state index is 12.0. The molecule has 1 heterocycles. The lowest BCUT2D eigenvalue weighted by molar-refractivity contribution is 0.319. The molecule has 0 spiro atoms. The monoisotopic (exact) mass is 365 g/mol. The number of aryl methyl sites for hydroxylation is 3. The number of rotatable bonds is 6. The summed E-state index contributed by atoms with van der Waals surface area (Å²) in [5.41, 5.74) is 6.04. The van der Waals surface area contributed by atoms with E-state index < -0.39 is 0 Å². The first-order valence-corrected chi connectivity index (χ1v) is 9.29. The molecule has 0 atom stereocenters. The molecule has 1 aromatic heterocycles. The summed E-state index contributed by atoms with van der Waals surface area (Å²) in [5, 5.41) is 1.00. The fraction of sp³-hybridized carbons (Fsp3) is 0.348. The topological polar surface area (TPSA) is 42.7 Å². The molecule has 0 fully saturated rings. The minimum absolute atomic E-state index is 0.296. The predicted octanol–water partition coefficient (Wildman–Crippen LogP) is 4.61. The summed E-state index contributed by atoms with van der Waals surface area (Å²) in [4.78, 5) is 14.2. The molecular formula is C23H27NO3. The zero-order chi connectivity index (χ0) is 19.6. The number of methoxy groups -OCH3 is 1. The Balaban J connectivity index is 1.86. The molecule has 0 unspecified atom stereocenters. The van der Waals surface area contributed by atoms with Crippen LogP contribution in [0.1, 0.15) is 34.7 Å². The van der Waals surface area contributed by atoms with Gasteiger partial charge < -0.3 is 9.15 Å². The molecule has 27 heavy (non-hydrogen) atoms. The Labute approximate surface area is 160 Å². The Morgan fingerprint density at radius 2 is 1.70 bits per heavy atom. The normalized spacial score (nSPS) is 11.3. The highest BCUT2D eigenvalue weighted by atomic mass is 16.5. The highest BCUT2D eigenvalue weighted by molar-refractivity contribution is 5.80. The van der Waals surface area contributed by atoms with E-state index in [0.29, 0.717) is 12.1 Å². The van der Waals surface area contributed by atoms with Crippen molar-refractivity contribution in [1.82, 2.24) is 4.90 Å². The second-order valence-electron chi connectivity index (χ2n) is 7.21. The summed E-state index contributed by atoms with van der Waals surface area (Å²) < 4.78 is 10.9. The number of fused-ring (bicyclic) bond motifs is 1. The van der Waals surface area contributed by atoms with Crippen LogP contribution in [0.15, 0.2) is 45.6 Å². The van der Waals surface area contributed by atoms with E-state index in [0.717, 1.165) is 40.8 Å². The van der Waals surface area contributed by atoms with Gasteiger partial charge in [0.25, 0.3) is 0 Å². The van der Waals surface area contributed by atoms with Gasteiger partial charge in [0.2, 0.25) is 0 Å². The fourth-order valence-corrected chi connectivity index (χ4v) is 3.74. The molecule has 0 aliphatic carbocycles. The van der Waals surface area contributed by atoms with Crippen molar-refractivity contribution in [1.29, 1.82) is 0 Å². The summed E-state index contributed by atoms with van der Waals surface area (Å²) in [6, 6.07) is 12.1. The Morgan fingerprint density at radius 1 is 1.00 bits per heavy atom. The predicted molar refractivity (Wildman–Crippen MR) is 110 cm³/mol. The van der Waals surface area contributed by atoms with Gasteiger partial charge in [0.05, 0.1) is 7.11 Å². The molecule has 0 N–H and O–H groups in total. The van der Waals surface area contributed by atoms with E-state index in [1.807, 2.05) is 6.07 Å². The van der Waals surface area contributed by atoms with Gasteiger partial charge in [-0.2, -0.15) is 0 Å². The van der Waals surface area contributed by atoms with Crippen LogP contribution >= 0.6 is 0 Å². The van der Waals surface area contributed by atoms with Crippen molar-refractivity contribution in [3.8, 4) is 5.75 Å². The molecule has 0 aliphatic heterocycles. The van der Waals surface area contributed by atoms with Crippen molar-refractivity contribution in [2.75, 3.05) is 14.2 Å². The van der Waals surface area contributed by atoms with E-state index in [1.165, 1.54) is 11.1 Å². The number of ether oxygens (including phenoxy) is 1. The quantitative estimate of drug-likeness (QED) is 0.598. The fourth-order valence-electron chi connectivity index (χ4n) is 3.74. The molecule has 142 valence electrons. The minimum atomic E-state index is -0.296. The van der Waals surface area contributed by atoms with Gasteiger partial charge in [-0.15, -0.1) is 0 Å². The Bertz CT molecular complexity index is 997. The third-order valence-corrected chi connectivity index (χ3v) is 4.92. The van der Waals surface area contributed by atoms with Crippen LogP contribution in [0.5, 0.6) is 5.75 Å². The first-order chi connectivity index (χ1) is 12.9.